The molecule has 0 radical (unpaired) electrons. The first-order chi connectivity index (χ1) is 12.8. The molecule has 0 bridgehead atoms. The number of hydrogen-bond donors (Lipinski definition) is 1. The van der Waals surface area contributed by atoms with Gasteiger partial charge >= 0.3 is 0 Å². The maximum Gasteiger partial charge on any atom is 0.255 e. The number of rotatable bonds is 5. The van der Waals surface area contributed by atoms with E-state index in [0.29, 0.717) is 38.3 Å². The summed E-state index contributed by atoms with van der Waals surface area (Å²) in [4.78, 5) is 33.1. The van der Waals surface area contributed by atoms with Crippen molar-refractivity contribution in [2.45, 2.75) is 39.8 Å². The van der Waals surface area contributed by atoms with Crippen molar-refractivity contribution < 1.29 is 9.59 Å². The molecule has 0 aliphatic carbocycles. The van der Waals surface area contributed by atoms with Crippen LogP contribution in [0.25, 0.3) is 11.0 Å². The number of pyridine rings is 1. The largest absolute Gasteiger partial charge is 0.353 e. The van der Waals surface area contributed by atoms with Crippen LogP contribution in [0.4, 0.5) is 0 Å². The maximum atomic E-state index is 12.8. The smallest absolute Gasteiger partial charge is 0.255 e. The molecule has 2 aromatic rings. The Labute approximate surface area is 159 Å². The fourth-order valence-corrected chi connectivity index (χ4v) is 3.30. The summed E-state index contributed by atoms with van der Waals surface area (Å²) in [5.41, 5.74) is 1.37. The molecule has 146 valence electrons. The van der Waals surface area contributed by atoms with Crippen LogP contribution < -0.4 is 5.32 Å². The fourth-order valence-electron chi connectivity index (χ4n) is 3.30. The number of nitrogens with zero attached hydrogens (tertiary/aromatic N) is 5. The van der Waals surface area contributed by atoms with Gasteiger partial charge in [0, 0.05) is 49.8 Å². The number of carbonyl (C=O) groups excluding carboxylic acids is 2. The van der Waals surface area contributed by atoms with E-state index in [1.165, 1.54) is 0 Å². The molecule has 1 N–H and O–H groups in total. The van der Waals surface area contributed by atoms with Crippen molar-refractivity contribution in [1.82, 2.24) is 29.9 Å². The molecular weight excluding hydrogens is 344 g/mol. The zero-order valence-electron chi connectivity index (χ0n) is 16.5. The second-order valence-corrected chi connectivity index (χ2v) is 7.61. The summed E-state index contributed by atoms with van der Waals surface area (Å²) in [5, 5.41) is 8.12. The summed E-state index contributed by atoms with van der Waals surface area (Å²) >= 11 is 0. The molecule has 8 heteroatoms. The highest BCUT2D eigenvalue weighted by Gasteiger charge is 2.24. The third-order valence-electron chi connectivity index (χ3n) is 4.65. The lowest BCUT2D eigenvalue weighted by molar-refractivity contribution is -0.123. The van der Waals surface area contributed by atoms with Crippen LogP contribution in [0, 0.1) is 0 Å². The number of amides is 2. The minimum absolute atomic E-state index is 0.0204. The molecule has 2 amide bonds. The van der Waals surface area contributed by atoms with E-state index in [-0.39, 0.29) is 23.9 Å². The molecule has 3 heterocycles. The van der Waals surface area contributed by atoms with Gasteiger partial charge in [0.15, 0.2) is 5.65 Å². The highest BCUT2D eigenvalue weighted by molar-refractivity contribution is 5.97. The molecule has 1 aliphatic heterocycles. The highest BCUT2D eigenvalue weighted by Crippen LogP contribution is 2.18. The lowest BCUT2D eigenvalue weighted by Crippen LogP contribution is -2.51. The quantitative estimate of drug-likeness (QED) is 0.855. The molecular formula is C19H28N6O2. The lowest BCUT2D eigenvalue weighted by Gasteiger charge is -2.34. The van der Waals surface area contributed by atoms with Crippen LogP contribution in [-0.4, -0.2) is 75.1 Å². The van der Waals surface area contributed by atoms with Crippen molar-refractivity contribution in [3.63, 3.8) is 0 Å². The fraction of sp³-hybridized carbons (Fsp3) is 0.579. The minimum atomic E-state index is -0.0204. The lowest BCUT2D eigenvalue weighted by atomic mass is 10.2. The molecule has 0 aromatic carbocycles. The Morgan fingerprint density at radius 2 is 1.81 bits per heavy atom. The van der Waals surface area contributed by atoms with Gasteiger partial charge in [-0.15, -0.1) is 0 Å². The maximum absolute atomic E-state index is 12.8. The number of fused-ring (bicyclic) bond motifs is 1. The molecule has 1 aliphatic rings. The van der Waals surface area contributed by atoms with Crippen molar-refractivity contribution in [3.8, 4) is 0 Å². The van der Waals surface area contributed by atoms with Gasteiger partial charge in [-0.25, -0.2) is 9.67 Å². The Bertz CT molecular complexity index is 821. The zero-order valence-corrected chi connectivity index (χ0v) is 16.5. The van der Waals surface area contributed by atoms with E-state index in [9.17, 15) is 9.59 Å². The summed E-state index contributed by atoms with van der Waals surface area (Å²) in [6, 6.07) is 2.22. The summed E-state index contributed by atoms with van der Waals surface area (Å²) in [5.74, 6) is 0.00886. The number of nitrogens with one attached hydrogen (secondary N) is 1. The molecule has 0 saturated carbocycles. The summed E-state index contributed by atoms with van der Waals surface area (Å²) in [7, 11) is 0. The van der Waals surface area contributed by atoms with Gasteiger partial charge in [-0.1, -0.05) is 0 Å². The predicted octanol–water partition coefficient (Wildman–Crippen LogP) is 1.29. The predicted molar refractivity (Wildman–Crippen MR) is 104 cm³/mol. The third kappa shape index (κ3) is 4.44. The van der Waals surface area contributed by atoms with Crippen LogP contribution >= 0.6 is 0 Å². The molecule has 27 heavy (non-hydrogen) atoms. The standard InChI is InChI=1S/C19H28N6O2/c1-13(2)22-17(26)12-23-5-7-24(8-6-23)19(27)16-9-15-11-21-25(14(3)4)18(15)20-10-16/h9-11,13-14H,5-8,12H2,1-4H3,(H,22,26). The molecule has 1 fully saturated rings. The van der Waals surface area contributed by atoms with Crippen molar-refractivity contribution in [2.75, 3.05) is 32.7 Å². The van der Waals surface area contributed by atoms with Gasteiger partial charge in [-0.05, 0) is 33.8 Å². The Morgan fingerprint density at radius 1 is 1.11 bits per heavy atom. The highest BCUT2D eigenvalue weighted by atomic mass is 16.2. The normalized spacial score (nSPS) is 15.7. The van der Waals surface area contributed by atoms with Crippen molar-refractivity contribution >= 4 is 22.8 Å². The second kappa shape index (κ2) is 8.04. The van der Waals surface area contributed by atoms with E-state index >= 15 is 0 Å². The molecule has 0 atom stereocenters. The minimum Gasteiger partial charge on any atom is -0.353 e. The summed E-state index contributed by atoms with van der Waals surface area (Å²) in [6.45, 7) is 11.0. The van der Waals surface area contributed by atoms with Crippen molar-refractivity contribution in [2.24, 2.45) is 0 Å². The average Bonchev–Trinajstić information content (AvgIpc) is 3.04. The Morgan fingerprint density at radius 3 is 2.44 bits per heavy atom. The van der Waals surface area contributed by atoms with Gasteiger partial charge in [-0.2, -0.15) is 5.10 Å². The van der Waals surface area contributed by atoms with Gasteiger partial charge in [0.25, 0.3) is 5.91 Å². The SMILES string of the molecule is CC(C)NC(=O)CN1CCN(C(=O)c2cnc3c(cnn3C(C)C)c2)CC1. The Kier molecular flexibility index (Phi) is 5.74. The first-order valence-electron chi connectivity index (χ1n) is 9.49. The van der Waals surface area contributed by atoms with Gasteiger partial charge in [0.05, 0.1) is 18.3 Å². The van der Waals surface area contributed by atoms with Crippen LogP contribution in [0.15, 0.2) is 18.5 Å². The van der Waals surface area contributed by atoms with E-state index in [1.54, 1.807) is 12.4 Å². The van der Waals surface area contributed by atoms with Crippen molar-refractivity contribution in [3.05, 3.63) is 24.0 Å². The van der Waals surface area contributed by atoms with Crippen LogP contribution in [0.3, 0.4) is 0 Å². The molecule has 1 saturated heterocycles. The van der Waals surface area contributed by atoms with Crippen LogP contribution in [0.5, 0.6) is 0 Å². The van der Waals surface area contributed by atoms with Gasteiger partial charge in [0.2, 0.25) is 5.91 Å². The number of piperazine rings is 1. The third-order valence-corrected chi connectivity index (χ3v) is 4.65. The van der Waals surface area contributed by atoms with Gasteiger partial charge in [0.1, 0.15) is 0 Å². The van der Waals surface area contributed by atoms with Crippen LogP contribution in [0.2, 0.25) is 0 Å². The monoisotopic (exact) mass is 372 g/mol. The van der Waals surface area contributed by atoms with E-state index < -0.39 is 0 Å². The molecule has 8 nitrogen and oxygen atoms in total. The van der Waals surface area contributed by atoms with Crippen molar-refractivity contribution in [1.29, 1.82) is 0 Å². The summed E-state index contributed by atoms with van der Waals surface area (Å²) < 4.78 is 1.85. The first-order valence-corrected chi connectivity index (χ1v) is 9.49. The van der Waals surface area contributed by atoms with Crippen LogP contribution in [-0.2, 0) is 4.79 Å². The molecule has 3 rings (SSSR count). The number of hydrogen-bond acceptors (Lipinski definition) is 5. The Balaban J connectivity index is 1.61. The molecule has 2 aromatic heterocycles. The second-order valence-electron chi connectivity index (χ2n) is 7.61. The molecule has 0 unspecified atom stereocenters. The van der Waals surface area contributed by atoms with E-state index in [1.807, 2.05) is 43.3 Å². The van der Waals surface area contributed by atoms with E-state index in [4.69, 9.17) is 0 Å². The average molecular weight is 372 g/mol. The number of aromatic nitrogens is 3. The Hall–Kier alpha value is -2.48. The topological polar surface area (TPSA) is 83.4 Å². The molecule has 0 spiro atoms. The van der Waals surface area contributed by atoms with Crippen LogP contribution in [0.1, 0.15) is 44.1 Å². The number of carbonyl (C=O) groups is 2. The first kappa shape index (κ1) is 19.3. The van der Waals surface area contributed by atoms with Gasteiger partial charge < -0.3 is 10.2 Å². The van der Waals surface area contributed by atoms with Gasteiger partial charge in [-0.3, -0.25) is 14.5 Å². The van der Waals surface area contributed by atoms with E-state index in [2.05, 4.69) is 20.3 Å². The zero-order chi connectivity index (χ0) is 19.6. The summed E-state index contributed by atoms with van der Waals surface area (Å²) in [6.07, 6.45) is 3.39. The van der Waals surface area contributed by atoms with E-state index in [0.717, 1.165) is 11.0 Å².